The number of nitrogens with zero attached hydrogens (tertiary/aromatic N) is 3. The van der Waals surface area contributed by atoms with Gasteiger partial charge in [0.15, 0.2) is 0 Å². The van der Waals surface area contributed by atoms with E-state index in [0.717, 1.165) is 22.5 Å². The van der Waals surface area contributed by atoms with Gasteiger partial charge in [0.05, 0.1) is 26.4 Å². The molecule has 0 spiro atoms. The smallest absolute Gasteiger partial charge is 0.119 e. The number of fused-ring (bicyclic) bond motifs is 1. The minimum atomic E-state index is -1.44. The van der Waals surface area contributed by atoms with Crippen LogP contribution in [-0.4, -0.2) is 30.2 Å². The zero-order valence-corrected chi connectivity index (χ0v) is 13.8. The Morgan fingerprint density at radius 3 is 2.33 bits per heavy atom. The molecule has 4 nitrogen and oxygen atoms in total. The summed E-state index contributed by atoms with van der Waals surface area (Å²) in [5, 5.41) is 10.1. The average Bonchev–Trinajstić information content (AvgIpc) is 2.90. The van der Waals surface area contributed by atoms with Gasteiger partial charge in [-0.25, -0.2) is 4.68 Å². The third-order valence-electron chi connectivity index (χ3n) is 3.60. The molecule has 1 aromatic heterocycles. The number of benzene rings is 2. The summed E-state index contributed by atoms with van der Waals surface area (Å²) in [5.74, 6) is 0.839. The lowest BCUT2D eigenvalue weighted by molar-refractivity contribution is 0.414. The molecule has 5 heteroatoms. The van der Waals surface area contributed by atoms with Crippen molar-refractivity contribution in [3.63, 3.8) is 0 Å². The van der Waals surface area contributed by atoms with E-state index < -0.39 is 8.07 Å². The Balaban J connectivity index is 2.16. The fraction of sp³-hybridized carbons (Fsp3) is 0.250. The van der Waals surface area contributed by atoms with Gasteiger partial charge in [0.2, 0.25) is 0 Å². The highest BCUT2D eigenvalue weighted by Crippen LogP contribution is 2.19. The summed E-state index contributed by atoms with van der Waals surface area (Å²) in [4.78, 5) is 0. The fourth-order valence-electron chi connectivity index (χ4n) is 2.46. The number of aromatic nitrogens is 3. The Kier molecular flexibility index (Phi) is 3.29. The summed E-state index contributed by atoms with van der Waals surface area (Å²) in [6.45, 7) is 6.98. The molecule has 0 aliphatic heterocycles. The Hall–Kier alpha value is -2.14. The quantitative estimate of drug-likeness (QED) is 0.698. The lowest BCUT2D eigenvalue weighted by Gasteiger charge is -2.16. The molecule has 2 aromatic carbocycles. The SMILES string of the molecule is COc1ccc(-n2nnc3c([Si](C)(C)C)cccc32)cc1. The van der Waals surface area contributed by atoms with E-state index in [0.29, 0.717) is 0 Å². The van der Waals surface area contributed by atoms with Crippen molar-refractivity contribution in [3.8, 4) is 11.4 Å². The molecule has 0 radical (unpaired) electrons. The maximum absolute atomic E-state index is 5.20. The van der Waals surface area contributed by atoms with Crippen molar-refractivity contribution in [1.29, 1.82) is 0 Å². The van der Waals surface area contributed by atoms with Gasteiger partial charge < -0.3 is 4.74 Å². The second kappa shape index (κ2) is 5.00. The molecule has 3 aromatic rings. The zero-order chi connectivity index (χ0) is 15.0. The van der Waals surface area contributed by atoms with Gasteiger partial charge in [-0.1, -0.05) is 37.0 Å². The topological polar surface area (TPSA) is 39.9 Å². The van der Waals surface area contributed by atoms with Crippen LogP contribution in [0.2, 0.25) is 19.6 Å². The number of hydrogen-bond donors (Lipinski definition) is 0. The van der Waals surface area contributed by atoms with Gasteiger partial charge in [0.25, 0.3) is 0 Å². The first-order chi connectivity index (χ1) is 10.0. The molecule has 0 aliphatic rings. The molecule has 0 atom stereocenters. The first-order valence-corrected chi connectivity index (χ1v) is 10.5. The number of ether oxygens (including phenoxy) is 1. The molecule has 0 aliphatic carbocycles. The van der Waals surface area contributed by atoms with E-state index in [1.54, 1.807) is 7.11 Å². The van der Waals surface area contributed by atoms with Crippen molar-refractivity contribution >= 4 is 24.3 Å². The highest BCUT2D eigenvalue weighted by molar-refractivity contribution is 6.90. The lowest BCUT2D eigenvalue weighted by atomic mass is 10.2. The zero-order valence-electron chi connectivity index (χ0n) is 12.8. The van der Waals surface area contributed by atoms with Crippen molar-refractivity contribution in [1.82, 2.24) is 15.0 Å². The summed E-state index contributed by atoms with van der Waals surface area (Å²) in [5.41, 5.74) is 3.07. The van der Waals surface area contributed by atoms with E-state index in [1.165, 1.54) is 5.19 Å². The highest BCUT2D eigenvalue weighted by atomic mass is 28.3. The molecule has 1 heterocycles. The van der Waals surface area contributed by atoms with E-state index in [2.05, 4.69) is 48.2 Å². The van der Waals surface area contributed by atoms with Gasteiger partial charge in [-0.15, -0.1) is 5.10 Å². The van der Waals surface area contributed by atoms with E-state index in [9.17, 15) is 0 Å². The van der Waals surface area contributed by atoms with Crippen molar-refractivity contribution < 1.29 is 4.74 Å². The molecule has 108 valence electrons. The summed E-state index contributed by atoms with van der Waals surface area (Å²) < 4.78 is 7.09. The van der Waals surface area contributed by atoms with Crippen molar-refractivity contribution in [2.24, 2.45) is 0 Å². The van der Waals surface area contributed by atoms with Crippen LogP contribution in [0.25, 0.3) is 16.7 Å². The maximum Gasteiger partial charge on any atom is 0.119 e. The van der Waals surface area contributed by atoms with Crippen LogP contribution in [0, 0.1) is 0 Å². The van der Waals surface area contributed by atoms with Crippen molar-refractivity contribution in [2.75, 3.05) is 7.11 Å². The van der Waals surface area contributed by atoms with Crippen LogP contribution in [0.3, 0.4) is 0 Å². The Labute approximate surface area is 125 Å². The van der Waals surface area contributed by atoms with Crippen LogP contribution in [0.15, 0.2) is 42.5 Å². The molecule has 0 saturated carbocycles. The largest absolute Gasteiger partial charge is 0.497 e. The highest BCUT2D eigenvalue weighted by Gasteiger charge is 2.21. The summed E-state index contributed by atoms with van der Waals surface area (Å²) >= 11 is 0. The van der Waals surface area contributed by atoms with Gasteiger partial charge in [-0.3, -0.25) is 0 Å². The van der Waals surface area contributed by atoms with E-state index in [-0.39, 0.29) is 0 Å². The predicted molar refractivity (Wildman–Crippen MR) is 88.4 cm³/mol. The van der Waals surface area contributed by atoms with Crippen LogP contribution in [0.5, 0.6) is 5.75 Å². The predicted octanol–water partition coefficient (Wildman–Crippen LogP) is 2.97. The molecule has 21 heavy (non-hydrogen) atoms. The van der Waals surface area contributed by atoms with E-state index in [4.69, 9.17) is 4.74 Å². The van der Waals surface area contributed by atoms with E-state index in [1.807, 2.05) is 28.9 Å². The summed E-state index contributed by atoms with van der Waals surface area (Å²) in [7, 11) is 0.231. The molecule has 0 bridgehead atoms. The maximum atomic E-state index is 5.20. The van der Waals surface area contributed by atoms with Crippen LogP contribution < -0.4 is 9.92 Å². The second-order valence-corrected chi connectivity index (χ2v) is 11.2. The number of hydrogen-bond acceptors (Lipinski definition) is 3. The monoisotopic (exact) mass is 297 g/mol. The average molecular weight is 297 g/mol. The first kappa shape index (κ1) is 13.8. The lowest BCUT2D eigenvalue weighted by Crippen LogP contribution is -2.38. The molecule has 3 rings (SSSR count). The minimum absolute atomic E-state index is 0.839. The van der Waals surface area contributed by atoms with Gasteiger partial charge in [0.1, 0.15) is 11.3 Å². The summed E-state index contributed by atoms with van der Waals surface area (Å²) in [6, 6.07) is 14.2. The van der Waals surface area contributed by atoms with Crippen LogP contribution in [-0.2, 0) is 0 Å². The third-order valence-corrected chi connectivity index (χ3v) is 5.62. The fourth-order valence-corrected chi connectivity index (χ4v) is 3.95. The number of methoxy groups -OCH3 is 1. The molecule has 0 amide bonds. The van der Waals surface area contributed by atoms with Gasteiger partial charge in [-0.05, 0) is 35.5 Å². The van der Waals surface area contributed by atoms with Crippen LogP contribution >= 0.6 is 0 Å². The Morgan fingerprint density at radius 2 is 1.71 bits per heavy atom. The van der Waals surface area contributed by atoms with Gasteiger partial charge in [-0.2, -0.15) is 0 Å². The van der Waals surface area contributed by atoms with Gasteiger partial charge >= 0.3 is 0 Å². The first-order valence-electron chi connectivity index (χ1n) is 7.00. The molecular formula is C16H19N3OSi. The Bertz CT molecular complexity index is 772. The summed E-state index contributed by atoms with van der Waals surface area (Å²) in [6.07, 6.45) is 0. The van der Waals surface area contributed by atoms with Crippen molar-refractivity contribution in [3.05, 3.63) is 42.5 Å². The standard InChI is InChI=1S/C16H19N3OSi/c1-20-13-10-8-12(9-11-13)19-14-6-5-7-15(21(2,3)4)16(14)17-18-19/h5-11H,1-4H3. The second-order valence-electron chi connectivity index (χ2n) is 6.12. The number of rotatable bonds is 3. The Morgan fingerprint density at radius 1 is 1.00 bits per heavy atom. The van der Waals surface area contributed by atoms with E-state index >= 15 is 0 Å². The molecule has 0 N–H and O–H groups in total. The molecular weight excluding hydrogens is 278 g/mol. The normalized spacial score (nSPS) is 11.8. The molecule has 0 saturated heterocycles. The van der Waals surface area contributed by atoms with Crippen LogP contribution in [0.1, 0.15) is 0 Å². The van der Waals surface area contributed by atoms with Crippen LogP contribution in [0.4, 0.5) is 0 Å². The minimum Gasteiger partial charge on any atom is -0.497 e. The van der Waals surface area contributed by atoms with Gasteiger partial charge in [0, 0.05) is 0 Å². The molecule has 0 fully saturated rings. The van der Waals surface area contributed by atoms with Crippen molar-refractivity contribution in [2.45, 2.75) is 19.6 Å². The molecule has 0 unspecified atom stereocenters. The third kappa shape index (κ3) is 2.44.